The summed E-state index contributed by atoms with van der Waals surface area (Å²) in [7, 11) is 1.36. The molecule has 2 rings (SSSR count). The van der Waals surface area contributed by atoms with Gasteiger partial charge in [0.1, 0.15) is 12.2 Å². The molecule has 1 heterocycles. The van der Waals surface area contributed by atoms with Crippen molar-refractivity contribution in [3.8, 4) is 0 Å². The zero-order valence-corrected chi connectivity index (χ0v) is 10.4. The van der Waals surface area contributed by atoms with Crippen molar-refractivity contribution in [1.82, 2.24) is 0 Å². The average molecular weight is 268 g/mol. The first-order chi connectivity index (χ1) is 9.13. The Morgan fingerprint density at radius 1 is 1.26 bits per heavy atom. The molecule has 0 amide bonds. The van der Waals surface area contributed by atoms with Gasteiger partial charge in [-0.25, -0.2) is 4.79 Å². The van der Waals surface area contributed by atoms with Crippen LogP contribution < -0.4 is 0 Å². The third kappa shape index (κ3) is 3.10. The highest BCUT2D eigenvalue weighted by atomic mass is 16.7. The first-order valence-corrected chi connectivity index (χ1v) is 5.90. The van der Waals surface area contributed by atoms with Gasteiger partial charge in [0.05, 0.1) is 12.2 Å². The van der Waals surface area contributed by atoms with E-state index in [4.69, 9.17) is 14.2 Å². The Labute approximate surface area is 110 Å². The molecule has 0 radical (unpaired) electrons. The fourth-order valence-corrected chi connectivity index (χ4v) is 1.86. The van der Waals surface area contributed by atoms with Crippen molar-refractivity contribution in [1.29, 1.82) is 0 Å². The number of ether oxygens (including phenoxy) is 3. The molecule has 0 spiro atoms. The minimum atomic E-state index is -1.26. The minimum Gasteiger partial charge on any atom is -0.453 e. The number of methoxy groups -OCH3 is 1. The summed E-state index contributed by atoms with van der Waals surface area (Å²) in [6, 6.07) is 8.41. The van der Waals surface area contributed by atoms with E-state index in [1.165, 1.54) is 7.11 Å². The Bertz CT molecular complexity index is 420. The molecular weight excluding hydrogens is 252 g/mol. The fourth-order valence-electron chi connectivity index (χ4n) is 1.86. The van der Waals surface area contributed by atoms with Crippen LogP contribution in [0.5, 0.6) is 0 Å². The molecule has 1 aliphatic rings. The monoisotopic (exact) mass is 268 g/mol. The van der Waals surface area contributed by atoms with Gasteiger partial charge in [-0.3, -0.25) is 0 Å². The van der Waals surface area contributed by atoms with Crippen LogP contribution in [0.3, 0.4) is 0 Å². The number of aliphatic hydroxyl groups excluding tert-OH is 2. The number of aliphatic hydroxyl groups is 2. The molecule has 1 aliphatic heterocycles. The smallest absolute Gasteiger partial charge is 0.338 e. The lowest BCUT2D eigenvalue weighted by Gasteiger charge is -2.36. The van der Waals surface area contributed by atoms with E-state index in [9.17, 15) is 15.0 Å². The predicted molar refractivity (Wildman–Crippen MR) is 64.4 cm³/mol. The summed E-state index contributed by atoms with van der Waals surface area (Å²) in [5, 5.41) is 19.5. The van der Waals surface area contributed by atoms with Gasteiger partial charge in [-0.1, -0.05) is 18.2 Å². The average Bonchev–Trinajstić information content (AvgIpc) is 2.45. The Morgan fingerprint density at radius 3 is 2.58 bits per heavy atom. The maximum absolute atomic E-state index is 11.8. The molecule has 104 valence electrons. The second-order valence-corrected chi connectivity index (χ2v) is 4.23. The Balaban J connectivity index is 1.98. The van der Waals surface area contributed by atoms with Crippen molar-refractivity contribution < 1.29 is 29.2 Å². The number of hydrogen-bond donors (Lipinski definition) is 2. The Hall–Kier alpha value is -1.47. The normalized spacial score (nSPS) is 30.9. The lowest BCUT2D eigenvalue weighted by atomic mass is 10.1. The van der Waals surface area contributed by atoms with Gasteiger partial charge in [0.15, 0.2) is 12.4 Å². The van der Waals surface area contributed by atoms with Crippen molar-refractivity contribution in [2.24, 2.45) is 0 Å². The van der Waals surface area contributed by atoms with Crippen molar-refractivity contribution in [3.63, 3.8) is 0 Å². The molecule has 4 atom stereocenters. The molecule has 0 bridgehead atoms. The van der Waals surface area contributed by atoms with Gasteiger partial charge in [0.2, 0.25) is 0 Å². The number of carbonyl (C=O) groups is 1. The summed E-state index contributed by atoms with van der Waals surface area (Å²) in [5.74, 6) is -0.573. The second kappa shape index (κ2) is 6.12. The van der Waals surface area contributed by atoms with Crippen LogP contribution in [0.15, 0.2) is 30.3 Å². The van der Waals surface area contributed by atoms with Gasteiger partial charge in [0.25, 0.3) is 0 Å². The minimum absolute atomic E-state index is 0.0324. The fraction of sp³-hybridized carbons (Fsp3) is 0.462. The number of rotatable bonds is 3. The molecule has 1 aromatic rings. The lowest BCUT2D eigenvalue weighted by molar-refractivity contribution is -0.261. The third-order valence-corrected chi connectivity index (χ3v) is 2.93. The van der Waals surface area contributed by atoms with Gasteiger partial charge >= 0.3 is 5.97 Å². The summed E-state index contributed by atoms with van der Waals surface area (Å²) in [5.41, 5.74) is 0.373. The maximum atomic E-state index is 11.8. The van der Waals surface area contributed by atoms with Crippen molar-refractivity contribution in [2.45, 2.75) is 24.6 Å². The summed E-state index contributed by atoms with van der Waals surface area (Å²) in [4.78, 5) is 11.8. The van der Waals surface area contributed by atoms with Crippen LogP contribution in [0, 0.1) is 0 Å². The van der Waals surface area contributed by atoms with Gasteiger partial charge in [-0.2, -0.15) is 0 Å². The molecule has 6 nitrogen and oxygen atoms in total. The highest BCUT2D eigenvalue weighted by Gasteiger charge is 2.40. The van der Waals surface area contributed by atoms with Gasteiger partial charge in [0, 0.05) is 7.11 Å². The molecule has 0 aliphatic carbocycles. The molecule has 6 heteroatoms. The summed E-state index contributed by atoms with van der Waals surface area (Å²) in [6.45, 7) is -0.0324. The van der Waals surface area contributed by atoms with E-state index >= 15 is 0 Å². The van der Waals surface area contributed by atoms with Gasteiger partial charge in [-0.15, -0.1) is 0 Å². The molecule has 1 aromatic carbocycles. The van der Waals surface area contributed by atoms with Crippen LogP contribution >= 0.6 is 0 Å². The molecule has 0 aromatic heterocycles. The van der Waals surface area contributed by atoms with E-state index in [1.54, 1.807) is 30.3 Å². The molecule has 1 saturated heterocycles. The summed E-state index contributed by atoms with van der Waals surface area (Å²) >= 11 is 0. The number of benzene rings is 1. The van der Waals surface area contributed by atoms with E-state index in [-0.39, 0.29) is 6.61 Å². The second-order valence-electron chi connectivity index (χ2n) is 4.23. The van der Waals surface area contributed by atoms with Crippen molar-refractivity contribution >= 4 is 5.97 Å². The van der Waals surface area contributed by atoms with Crippen LogP contribution in [0.25, 0.3) is 0 Å². The molecule has 19 heavy (non-hydrogen) atoms. The topological polar surface area (TPSA) is 85.2 Å². The van der Waals surface area contributed by atoms with E-state index < -0.39 is 30.6 Å². The zero-order chi connectivity index (χ0) is 13.8. The van der Waals surface area contributed by atoms with Crippen LogP contribution in [0.4, 0.5) is 0 Å². The SMILES string of the molecule is COC1OC[C@@H](OC(=O)c2ccccc2)C(O)C1O. The van der Waals surface area contributed by atoms with E-state index in [2.05, 4.69) is 0 Å². The van der Waals surface area contributed by atoms with Gasteiger partial charge < -0.3 is 24.4 Å². The highest BCUT2D eigenvalue weighted by Crippen LogP contribution is 2.19. The van der Waals surface area contributed by atoms with Crippen LogP contribution in [-0.2, 0) is 14.2 Å². The van der Waals surface area contributed by atoms with E-state index in [1.807, 2.05) is 0 Å². The maximum Gasteiger partial charge on any atom is 0.338 e. The molecular formula is C13H16O6. The molecule has 1 fully saturated rings. The largest absolute Gasteiger partial charge is 0.453 e. The zero-order valence-electron chi connectivity index (χ0n) is 10.4. The van der Waals surface area contributed by atoms with Crippen LogP contribution in [0.1, 0.15) is 10.4 Å². The van der Waals surface area contributed by atoms with Crippen molar-refractivity contribution in [2.75, 3.05) is 13.7 Å². The number of hydrogen-bond acceptors (Lipinski definition) is 6. The Morgan fingerprint density at radius 2 is 1.95 bits per heavy atom. The quantitative estimate of drug-likeness (QED) is 0.747. The Kier molecular flexibility index (Phi) is 4.49. The summed E-state index contributed by atoms with van der Waals surface area (Å²) < 4.78 is 15.1. The highest BCUT2D eigenvalue weighted by molar-refractivity contribution is 5.89. The van der Waals surface area contributed by atoms with Gasteiger partial charge in [-0.05, 0) is 12.1 Å². The van der Waals surface area contributed by atoms with E-state index in [0.29, 0.717) is 5.56 Å². The molecule has 3 unspecified atom stereocenters. The molecule has 2 N–H and O–H groups in total. The first kappa shape index (κ1) is 14.0. The lowest BCUT2D eigenvalue weighted by Crippen LogP contribution is -2.54. The summed E-state index contributed by atoms with van der Waals surface area (Å²) in [6.07, 6.45) is -4.34. The number of carbonyl (C=O) groups excluding carboxylic acids is 1. The van der Waals surface area contributed by atoms with E-state index in [0.717, 1.165) is 0 Å². The predicted octanol–water partition coefficient (Wildman–Crippen LogP) is -0.0635. The number of esters is 1. The molecule has 0 saturated carbocycles. The standard InChI is InChI=1S/C13H16O6/c1-17-13-11(15)10(14)9(7-18-13)19-12(16)8-5-3-2-4-6-8/h2-6,9-11,13-15H,7H2,1H3/t9-,10?,11?,13?/m1/s1. The van der Waals surface area contributed by atoms with Crippen molar-refractivity contribution in [3.05, 3.63) is 35.9 Å². The first-order valence-electron chi connectivity index (χ1n) is 5.90. The van der Waals surface area contributed by atoms with Crippen LogP contribution in [0.2, 0.25) is 0 Å². The third-order valence-electron chi connectivity index (χ3n) is 2.93. The van der Waals surface area contributed by atoms with Crippen LogP contribution in [-0.4, -0.2) is 54.5 Å².